The molecule has 8 aromatic carbocycles. The highest BCUT2D eigenvalue weighted by molar-refractivity contribution is 6.16. The number of benzene rings is 8. The van der Waals surface area contributed by atoms with E-state index < -0.39 is 5.41 Å². The Balaban J connectivity index is 1.14. The lowest BCUT2D eigenvalue weighted by Gasteiger charge is -2.30. The average Bonchev–Trinajstić information content (AvgIpc) is 3.89. The smallest absolute Gasteiger partial charge is 0.164 e. The molecule has 2 aliphatic rings. The van der Waals surface area contributed by atoms with E-state index in [1.54, 1.807) is 0 Å². The highest BCUT2D eigenvalue weighted by atomic mass is 15.0. The van der Waals surface area contributed by atoms with Crippen LogP contribution in [0.3, 0.4) is 0 Å². The third-order valence-corrected chi connectivity index (χ3v) is 11.9. The van der Waals surface area contributed by atoms with Crippen LogP contribution in [0.15, 0.2) is 194 Å². The number of rotatable bonds is 4. The van der Waals surface area contributed by atoms with Crippen molar-refractivity contribution in [3.05, 3.63) is 216 Å². The summed E-state index contributed by atoms with van der Waals surface area (Å²) in [6.45, 7) is 0. The van der Waals surface area contributed by atoms with Gasteiger partial charge in [-0.2, -0.15) is 0 Å². The molecule has 0 bridgehead atoms. The third-order valence-electron chi connectivity index (χ3n) is 11.9. The zero-order valence-corrected chi connectivity index (χ0v) is 30.3. The molecular formula is C52H32N4. The van der Waals surface area contributed by atoms with Gasteiger partial charge in [0.05, 0.1) is 16.4 Å². The van der Waals surface area contributed by atoms with E-state index in [0.717, 1.165) is 27.9 Å². The monoisotopic (exact) mass is 712 g/mol. The Hall–Kier alpha value is -7.43. The van der Waals surface area contributed by atoms with Gasteiger partial charge in [-0.05, 0) is 57.1 Å². The summed E-state index contributed by atoms with van der Waals surface area (Å²) in [6, 6.07) is 69.6. The van der Waals surface area contributed by atoms with Crippen LogP contribution < -0.4 is 0 Å². The number of para-hydroxylation sites is 1. The third kappa shape index (κ3) is 4.21. The van der Waals surface area contributed by atoms with E-state index in [-0.39, 0.29) is 0 Å². The van der Waals surface area contributed by atoms with Gasteiger partial charge in [0.15, 0.2) is 17.5 Å². The number of aromatic nitrogens is 4. The highest BCUT2D eigenvalue weighted by Crippen LogP contribution is 2.64. The molecule has 12 rings (SSSR count). The highest BCUT2D eigenvalue weighted by Gasteiger charge is 2.52. The van der Waals surface area contributed by atoms with Gasteiger partial charge < -0.3 is 4.57 Å². The summed E-state index contributed by atoms with van der Waals surface area (Å²) in [5.41, 5.74) is 16.3. The Bertz CT molecular complexity index is 3090. The SMILES string of the molecule is c1ccc(-c2nc(-c3ccccc3)nc(-c3cccc(-n4c5ccccc5c5ccc6c(c54)-c4ccccc4C64c5ccccc5-c5ccccc54)c3)n2)cc1. The second-order valence-corrected chi connectivity index (χ2v) is 14.7. The minimum atomic E-state index is -0.428. The predicted molar refractivity (Wildman–Crippen MR) is 227 cm³/mol. The maximum atomic E-state index is 5.09. The maximum absolute atomic E-state index is 5.09. The lowest BCUT2D eigenvalue weighted by Crippen LogP contribution is -2.25. The summed E-state index contributed by atoms with van der Waals surface area (Å²) >= 11 is 0. The van der Waals surface area contributed by atoms with E-state index in [4.69, 9.17) is 15.0 Å². The molecule has 260 valence electrons. The first-order valence-electron chi connectivity index (χ1n) is 19.1. The quantitative estimate of drug-likeness (QED) is 0.182. The first-order chi connectivity index (χ1) is 27.8. The van der Waals surface area contributed by atoms with Crippen LogP contribution in [0.25, 0.3) is 83.9 Å². The fraction of sp³-hybridized carbons (Fsp3) is 0.0192. The first-order valence-corrected chi connectivity index (χ1v) is 19.1. The standard InChI is InChI=1S/C52H32N4/c1-3-16-33(17-4-1)49-53-50(34-18-5-2-6-19-34)55-51(54-49)35-20-15-21-36(32-35)56-46-29-14-10-24-39(46)40-30-31-45-47(48(40)56)41-25-9-13-28-44(41)52(45)42-26-11-7-22-37(42)38-23-8-12-27-43(38)52/h1-32H. The number of hydrogen-bond donors (Lipinski definition) is 0. The maximum Gasteiger partial charge on any atom is 0.164 e. The molecule has 0 saturated carbocycles. The van der Waals surface area contributed by atoms with Gasteiger partial charge in [-0.25, -0.2) is 15.0 Å². The fourth-order valence-corrected chi connectivity index (χ4v) is 9.62. The van der Waals surface area contributed by atoms with E-state index in [2.05, 4.69) is 162 Å². The molecule has 1 spiro atoms. The van der Waals surface area contributed by atoms with Crippen molar-refractivity contribution in [1.29, 1.82) is 0 Å². The van der Waals surface area contributed by atoms with Crippen LogP contribution in [-0.2, 0) is 5.41 Å². The zero-order valence-electron chi connectivity index (χ0n) is 30.3. The number of nitrogens with zero attached hydrogens (tertiary/aromatic N) is 4. The zero-order chi connectivity index (χ0) is 36.8. The van der Waals surface area contributed by atoms with Crippen LogP contribution in [0.4, 0.5) is 0 Å². The second-order valence-electron chi connectivity index (χ2n) is 14.7. The molecule has 0 amide bonds. The largest absolute Gasteiger partial charge is 0.309 e. The Kier molecular flexibility index (Phi) is 6.52. The molecule has 0 atom stereocenters. The fourth-order valence-electron chi connectivity index (χ4n) is 9.62. The molecule has 0 saturated heterocycles. The molecule has 0 unspecified atom stereocenters. The van der Waals surface area contributed by atoms with Crippen molar-refractivity contribution in [2.75, 3.05) is 0 Å². The van der Waals surface area contributed by atoms with Crippen LogP contribution in [0, 0.1) is 0 Å². The van der Waals surface area contributed by atoms with Gasteiger partial charge in [-0.3, -0.25) is 0 Å². The molecule has 10 aromatic rings. The molecule has 2 aliphatic carbocycles. The Labute approximate surface area is 324 Å². The number of fused-ring (bicyclic) bond motifs is 14. The van der Waals surface area contributed by atoms with Gasteiger partial charge in [0, 0.05) is 38.7 Å². The summed E-state index contributed by atoms with van der Waals surface area (Å²) in [7, 11) is 0. The van der Waals surface area contributed by atoms with E-state index in [9.17, 15) is 0 Å². The normalized spacial score (nSPS) is 13.1. The van der Waals surface area contributed by atoms with Gasteiger partial charge in [0.2, 0.25) is 0 Å². The van der Waals surface area contributed by atoms with Crippen molar-refractivity contribution in [2.24, 2.45) is 0 Å². The Morgan fingerprint density at radius 1 is 0.357 bits per heavy atom. The first kappa shape index (κ1) is 31.0. The van der Waals surface area contributed by atoms with Crippen molar-refractivity contribution in [3.63, 3.8) is 0 Å². The van der Waals surface area contributed by atoms with Gasteiger partial charge in [-0.15, -0.1) is 0 Å². The van der Waals surface area contributed by atoms with Crippen molar-refractivity contribution >= 4 is 21.8 Å². The summed E-state index contributed by atoms with van der Waals surface area (Å²) in [4.78, 5) is 15.1. The summed E-state index contributed by atoms with van der Waals surface area (Å²) in [5, 5.41) is 2.45. The molecule has 0 aliphatic heterocycles. The molecular weight excluding hydrogens is 681 g/mol. The van der Waals surface area contributed by atoms with E-state index in [1.807, 2.05) is 36.4 Å². The topological polar surface area (TPSA) is 43.6 Å². The molecule has 4 nitrogen and oxygen atoms in total. The van der Waals surface area contributed by atoms with Gasteiger partial charge in [0.1, 0.15) is 0 Å². The minimum Gasteiger partial charge on any atom is -0.309 e. The van der Waals surface area contributed by atoms with E-state index in [1.165, 1.54) is 60.8 Å². The summed E-state index contributed by atoms with van der Waals surface area (Å²) in [5.74, 6) is 1.93. The van der Waals surface area contributed by atoms with Crippen molar-refractivity contribution < 1.29 is 0 Å². The van der Waals surface area contributed by atoms with E-state index >= 15 is 0 Å². The van der Waals surface area contributed by atoms with Gasteiger partial charge >= 0.3 is 0 Å². The second kappa shape index (κ2) is 11.8. The van der Waals surface area contributed by atoms with Gasteiger partial charge in [-0.1, -0.05) is 176 Å². The molecule has 4 heteroatoms. The van der Waals surface area contributed by atoms with Crippen molar-refractivity contribution in [3.8, 4) is 62.1 Å². The average molecular weight is 713 g/mol. The minimum absolute atomic E-state index is 0.428. The summed E-state index contributed by atoms with van der Waals surface area (Å²) in [6.07, 6.45) is 0. The molecule has 2 heterocycles. The van der Waals surface area contributed by atoms with Crippen LogP contribution in [0.2, 0.25) is 0 Å². The number of hydrogen-bond acceptors (Lipinski definition) is 3. The van der Waals surface area contributed by atoms with Crippen LogP contribution in [0.5, 0.6) is 0 Å². The van der Waals surface area contributed by atoms with Crippen molar-refractivity contribution in [2.45, 2.75) is 5.41 Å². The van der Waals surface area contributed by atoms with Crippen molar-refractivity contribution in [1.82, 2.24) is 19.5 Å². The van der Waals surface area contributed by atoms with Crippen LogP contribution >= 0.6 is 0 Å². The van der Waals surface area contributed by atoms with Crippen LogP contribution in [0.1, 0.15) is 22.3 Å². The van der Waals surface area contributed by atoms with E-state index in [0.29, 0.717) is 17.5 Å². The molecule has 0 fully saturated rings. The summed E-state index contributed by atoms with van der Waals surface area (Å²) < 4.78 is 2.47. The lowest BCUT2D eigenvalue weighted by molar-refractivity contribution is 0.794. The Morgan fingerprint density at radius 3 is 1.50 bits per heavy atom. The Morgan fingerprint density at radius 2 is 0.857 bits per heavy atom. The molecule has 2 aromatic heterocycles. The lowest BCUT2D eigenvalue weighted by atomic mass is 9.70. The molecule has 0 N–H and O–H groups in total. The predicted octanol–water partition coefficient (Wildman–Crippen LogP) is 12.3. The van der Waals surface area contributed by atoms with Gasteiger partial charge in [0.25, 0.3) is 0 Å². The molecule has 56 heavy (non-hydrogen) atoms. The van der Waals surface area contributed by atoms with Crippen LogP contribution in [-0.4, -0.2) is 19.5 Å². The molecule has 0 radical (unpaired) electrons.